The van der Waals surface area contributed by atoms with Crippen LogP contribution in [0.25, 0.3) is 0 Å². The van der Waals surface area contributed by atoms with Gasteiger partial charge in [-0.3, -0.25) is 0 Å². The van der Waals surface area contributed by atoms with Crippen molar-refractivity contribution in [3.05, 3.63) is 57.8 Å². The minimum Gasteiger partial charge on any atom is -0.488 e. The summed E-state index contributed by atoms with van der Waals surface area (Å²) in [4.78, 5) is 0. The summed E-state index contributed by atoms with van der Waals surface area (Å²) in [5.41, 5.74) is 3.22. The molecule has 0 saturated heterocycles. The van der Waals surface area contributed by atoms with E-state index < -0.39 is 0 Å². The largest absolute Gasteiger partial charge is 0.488 e. The van der Waals surface area contributed by atoms with Crippen molar-refractivity contribution in [2.45, 2.75) is 19.4 Å². The molecule has 0 aliphatic carbocycles. The fraction of sp³-hybridized carbons (Fsp3) is 0.250. The molecule has 4 heteroatoms. The van der Waals surface area contributed by atoms with E-state index in [0.29, 0.717) is 6.54 Å². The highest BCUT2D eigenvalue weighted by Gasteiger charge is 2.23. The Balaban J connectivity index is 1.65. The van der Waals surface area contributed by atoms with Gasteiger partial charge in [-0.1, -0.05) is 22.0 Å². The second kappa shape index (κ2) is 5.44. The quantitative estimate of drug-likeness (QED) is 0.902. The van der Waals surface area contributed by atoms with Gasteiger partial charge in [0.2, 0.25) is 0 Å². The van der Waals surface area contributed by atoms with Crippen LogP contribution in [0.1, 0.15) is 11.1 Å². The molecule has 1 heterocycles. The Morgan fingerprint density at radius 3 is 3.00 bits per heavy atom. The number of hydrogen-bond donors (Lipinski definition) is 1. The Kier molecular flexibility index (Phi) is 3.66. The molecule has 2 aromatic carbocycles. The second-order valence-electron chi connectivity index (χ2n) is 5.04. The van der Waals surface area contributed by atoms with Gasteiger partial charge in [0, 0.05) is 22.1 Å². The van der Waals surface area contributed by atoms with Crippen LogP contribution < -0.4 is 10.1 Å². The Bertz CT molecular complexity index is 644. The van der Waals surface area contributed by atoms with Crippen LogP contribution in [-0.4, -0.2) is 12.6 Å². The second-order valence-corrected chi connectivity index (χ2v) is 5.95. The minimum atomic E-state index is -0.205. The molecule has 0 saturated carbocycles. The first-order chi connectivity index (χ1) is 9.61. The van der Waals surface area contributed by atoms with Gasteiger partial charge in [-0.05, 0) is 42.8 Å². The number of nitrogens with one attached hydrogen (secondary N) is 1. The summed E-state index contributed by atoms with van der Waals surface area (Å²) in [7, 11) is 0. The van der Waals surface area contributed by atoms with Crippen molar-refractivity contribution < 1.29 is 9.13 Å². The zero-order valence-corrected chi connectivity index (χ0v) is 12.7. The highest BCUT2D eigenvalue weighted by Crippen LogP contribution is 2.29. The summed E-state index contributed by atoms with van der Waals surface area (Å²) in [6, 6.07) is 10.8. The van der Waals surface area contributed by atoms with Crippen molar-refractivity contribution in [2.75, 3.05) is 11.9 Å². The van der Waals surface area contributed by atoms with Crippen LogP contribution in [0.5, 0.6) is 5.75 Å². The number of halogens is 2. The highest BCUT2D eigenvalue weighted by atomic mass is 79.9. The van der Waals surface area contributed by atoms with Gasteiger partial charge in [0.25, 0.3) is 0 Å². The molecule has 104 valence electrons. The molecular weight excluding hydrogens is 321 g/mol. The first-order valence-corrected chi connectivity index (χ1v) is 7.36. The summed E-state index contributed by atoms with van der Waals surface area (Å²) in [5, 5.41) is 3.40. The summed E-state index contributed by atoms with van der Waals surface area (Å²) in [6.45, 7) is 2.77. The van der Waals surface area contributed by atoms with E-state index in [1.165, 1.54) is 11.6 Å². The summed E-state index contributed by atoms with van der Waals surface area (Å²) < 4.78 is 20.0. The van der Waals surface area contributed by atoms with Crippen LogP contribution >= 0.6 is 15.9 Å². The number of hydrogen-bond acceptors (Lipinski definition) is 2. The van der Waals surface area contributed by atoms with Crippen molar-refractivity contribution in [3.8, 4) is 5.75 Å². The number of aryl methyl sites for hydroxylation is 1. The molecule has 1 unspecified atom stereocenters. The number of fused-ring (bicyclic) bond motifs is 1. The molecule has 0 aromatic heterocycles. The van der Waals surface area contributed by atoms with E-state index in [1.54, 1.807) is 12.1 Å². The molecule has 2 aromatic rings. The molecule has 3 rings (SSSR count). The third-order valence-corrected chi connectivity index (χ3v) is 3.98. The van der Waals surface area contributed by atoms with E-state index >= 15 is 0 Å². The lowest BCUT2D eigenvalue weighted by Crippen LogP contribution is -2.24. The zero-order valence-electron chi connectivity index (χ0n) is 11.1. The third-order valence-electron chi connectivity index (χ3n) is 3.48. The Labute approximate surface area is 126 Å². The molecular formula is C16H15BrFNO. The van der Waals surface area contributed by atoms with Gasteiger partial charge in [-0.2, -0.15) is 0 Å². The van der Waals surface area contributed by atoms with Crippen LogP contribution in [0.4, 0.5) is 10.1 Å². The zero-order chi connectivity index (χ0) is 14.1. The predicted molar refractivity (Wildman–Crippen MR) is 81.9 cm³/mol. The Morgan fingerprint density at radius 1 is 1.30 bits per heavy atom. The lowest BCUT2D eigenvalue weighted by atomic mass is 10.1. The highest BCUT2D eigenvalue weighted by molar-refractivity contribution is 9.10. The molecule has 0 fully saturated rings. The molecule has 1 atom stereocenters. The monoisotopic (exact) mass is 335 g/mol. The van der Waals surface area contributed by atoms with Gasteiger partial charge in [-0.25, -0.2) is 4.39 Å². The van der Waals surface area contributed by atoms with Crippen molar-refractivity contribution in [1.29, 1.82) is 0 Å². The van der Waals surface area contributed by atoms with E-state index in [-0.39, 0.29) is 11.9 Å². The average Bonchev–Trinajstić information content (AvgIpc) is 2.81. The summed E-state index contributed by atoms with van der Waals surface area (Å²) in [5.74, 6) is 0.591. The summed E-state index contributed by atoms with van der Waals surface area (Å²) in [6.07, 6.45) is 0.790. The van der Waals surface area contributed by atoms with E-state index in [4.69, 9.17) is 4.74 Å². The number of rotatable bonds is 3. The van der Waals surface area contributed by atoms with E-state index in [2.05, 4.69) is 40.3 Å². The molecule has 2 nitrogen and oxygen atoms in total. The molecule has 1 aliphatic rings. The van der Waals surface area contributed by atoms with Crippen LogP contribution in [0.2, 0.25) is 0 Å². The van der Waals surface area contributed by atoms with E-state index in [0.717, 1.165) is 27.9 Å². The maximum Gasteiger partial charge on any atom is 0.123 e. The normalized spacial score (nSPS) is 16.6. The van der Waals surface area contributed by atoms with Crippen molar-refractivity contribution in [3.63, 3.8) is 0 Å². The molecule has 0 bridgehead atoms. The van der Waals surface area contributed by atoms with Gasteiger partial charge >= 0.3 is 0 Å². The van der Waals surface area contributed by atoms with Gasteiger partial charge in [-0.15, -0.1) is 0 Å². The number of anilines is 1. The standard InChI is InChI=1S/C16H15BrFNO/c1-10-2-3-12(17)8-15(10)19-9-14-7-11-6-13(18)4-5-16(11)20-14/h2-6,8,14,19H,7,9H2,1H3. The average molecular weight is 336 g/mol. The van der Waals surface area contributed by atoms with Crippen LogP contribution in [0.15, 0.2) is 40.9 Å². The Morgan fingerprint density at radius 2 is 2.15 bits per heavy atom. The molecule has 0 spiro atoms. The molecule has 1 N–H and O–H groups in total. The fourth-order valence-electron chi connectivity index (χ4n) is 2.41. The van der Waals surface area contributed by atoms with Crippen molar-refractivity contribution in [1.82, 2.24) is 0 Å². The van der Waals surface area contributed by atoms with Gasteiger partial charge < -0.3 is 10.1 Å². The lowest BCUT2D eigenvalue weighted by molar-refractivity contribution is 0.246. The fourth-order valence-corrected chi connectivity index (χ4v) is 2.77. The molecule has 20 heavy (non-hydrogen) atoms. The Hall–Kier alpha value is -1.55. The maximum atomic E-state index is 13.2. The molecule has 0 amide bonds. The predicted octanol–water partition coefficient (Wildman–Crippen LogP) is 4.31. The van der Waals surface area contributed by atoms with Gasteiger partial charge in [0.1, 0.15) is 17.7 Å². The van der Waals surface area contributed by atoms with Crippen LogP contribution in [0, 0.1) is 12.7 Å². The van der Waals surface area contributed by atoms with E-state index in [1.807, 2.05) is 6.07 Å². The maximum absolute atomic E-state index is 13.2. The smallest absolute Gasteiger partial charge is 0.123 e. The van der Waals surface area contributed by atoms with Gasteiger partial charge in [0.05, 0.1) is 6.54 Å². The summed E-state index contributed by atoms with van der Waals surface area (Å²) >= 11 is 3.47. The lowest BCUT2D eigenvalue weighted by Gasteiger charge is -2.14. The topological polar surface area (TPSA) is 21.3 Å². The molecule has 1 aliphatic heterocycles. The van der Waals surface area contributed by atoms with Crippen LogP contribution in [-0.2, 0) is 6.42 Å². The molecule has 0 radical (unpaired) electrons. The van der Waals surface area contributed by atoms with Crippen molar-refractivity contribution in [2.24, 2.45) is 0 Å². The van der Waals surface area contributed by atoms with Crippen LogP contribution in [0.3, 0.4) is 0 Å². The minimum absolute atomic E-state index is 0.0465. The van der Waals surface area contributed by atoms with E-state index in [9.17, 15) is 4.39 Å². The number of benzene rings is 2. The third kappa shape index (κ3) is 2.80. The number of ether oxygens (including phenoxy) is 1. The SMILES string of the molecule is Cc1ccc(Br)cc1NCC1Cc2cc(F)ccc2O1. The van der Waals surface area contributed by atoms with Crippen molar-refractivity contribution >= 4 is 21.6 Å². The first-order valence-electron chi connectivity index (χ1n) is 6.57. The van der Waals surface area contributed by atoms with Gasteiger partial charge in [0.15, 0.2) is 0 Å². The first kappa shape index (κ1) is 13.4.